The van der Waals surface area contributed by atoms with E-state index in [1.807, 2.05) is 62.2 Å². The maximum atomic E-state index is 13.6. The summed E-state index contributed by atoms with van der Waals surface area (Å²) in [6.45, 7) is 7.03. The van der Waals surface area contributed by atoms with Crippen molar-refractivity contribution in [3.05, 3.63) is 71.2 Å². The fraction of sp³-hybridized carbons (Fsp3) is 0.407. The van der Waals surface area contributed by atoms with Crippen molar-refractivity contribution in [3.8, 4) is 5.82 Å². The van der Waals surface area contributed by atoms with Crippen molar-refractivity contribution < 1.29 is 14.3 Å². The Bertz CT molecular complexity index is 1210. The number of para-hydroxylation sites is 1. The topological polar surface area (TPSA) is 83.8 Å². The third-order valence-electron chi connectivity index (χ3n) is 6.39. The number of methoxy groups -OCH3 is 1. The van der Waals surface area contributed by atoms with Crippen LogP contribution in [-0.2, 0) is 16.1 Å². The summed E-state index contributed by atoms with van der Waals surface area (Å²) in [5, 5.41) is 4.48. The lowest BCUT2D eigenvalue weighted by molar-refractivity contribution is -0.122. The van der Waals surface area contributed by atoms with Crippen LogP contribution in [0.2, 0.25) is 0 Å². The monoisotopic (exact) mass is 490 g/mol. The van der Waals surface area contributed by atoms with Gasteiger partial charge in [-0.25, -0.2) is 9.67 Å². The molecule has 1 aliphatic heterocycles. The number of hydrogen-bond donors (Lipinski definition) is 0. The van der Waals surface area contributed by atoms with Crippen molar-refractivity contribution in [2.45, 2.75) is 26.8 Å². The Morgan fingerprint density at radius 2 is 1.83 bits per heavy atom. The second-order valence-corrected chi connectivity index (χ2v) is 9.23. The van der Waals surface area contributed by atoms with Crippen LogP contribution in [0.25, 0.3) is 5.82 Å². The number of carbonyl (C=O) groups is 2. The molecular formula is C27H34N6O3. The molecule has 0 saturated carbocycles. The van der Waals surface area contributed by atoms with Gasteiger partial charge in [0.25, 0.3) is 11.8 Å². The molecular weight excluding hydrogens is 456 g/mol. The highest BCUT2D eigenvalue weighted by Crippen LogP contribution is 2.24. The minimum Gasteiger partial charge on any atom is -0.375 e. The van der Waals surface area contributed by atoms with Gasteiger partial charge in [0.15, 0.2) is 5.82 Å². The van der Waals surface area contributed by atoms with Crippen LogP contribution in [0.5, 0.6) is 0 Å². The number of amides is 2. The van der Waals surface area contributed by atoms with Gasteiger partial charge in [-0.2, -0.15) is 5.10 Å². The fourth-order valence-corrected chi connectivity index (χ4v) is 4.53. The van der Waals surface area contributed by atoms with E-state index in [1.54, 1.807) is 21.8 Å². The number of hydrogen-bond acceptors (Lipinski definition) is 6. The molecule has 0 N–H and O–H groups in total. The zero-order valence-corrected chi connectivity index (χ0v) is 21.5. The Morgan fingerprint density at radius 3 is 2.53 bits per heavy atom. The number of pyridine rings is 1. The largest absolute Gasteiger partial charge is 0.375 e. The molecule has 0 radical (unpaired) electrons. The molecule has 190 valence electrons. The predicted molar refractivity (Wildman–Crippen MR) is 138 cm³/mol. The van der Waals surface area contributed by atoms with E-state index in [1.165, 1.54) is 7.11 Å². The van der Waals surface area contributed by atoms with Crippen LogP contribution in [0.1, 0.15) is 33.7 Å². The van der Waals surface area contributed by atoms with Crippen molar-refractivity contribution in [2.75, 3.05) is 51.8 Å². The van der Waals surface area contributed by atoms with Gasteiger partial charge in [0.1, 0.15) is 6.61 Å². The first-order chi connectivity index (χ1) is 17.4. The zero-order chi connectivity index (χ0) is 25.7. The summed E-state index contributed by atoms with van der Waals surface area (Å²) in [6.07, 6.45) is 2.44. The van der Waals surface area contributed by atoms with E-state index < -0.39 is 0 Å². The molecule has 2 aromatic heterocycles. The third kappa shape index (κ3) is 5.80. The van der Waals surface area contributed by atoms with Gasteiger partial charge in [-0.05, 0) is 63.7 Å². The minimum absolute atomic E-state index is 0.0140. The van der Waals surface area contributed by atoms with E-state index in [2.05, 4.69) is 15.0 Å². The van der Waals surface area contributed by atoms with E-state index in [4.69, 9.17) is 4.74 Å². The van der Waals surface area contributed by atoms with E-state index >= 15 is 0 Å². The molecule has 1 aliphatic rings. The minimum atomic E-state index is -0.0976. The van der Waals surface area contributed by atoms with E-state index in [-0.39, 0.29) is 18.4 Å². The first-order valence-electron chi connectivity index (χ1n) is 12.2. The smallest absolute Gasteiger partial charge is 0.255 e. The lowest BCUT2D eigenvalue weighted by Gasteiger charge is -2.28. The molecule has 3 heterocycles. The maximum Gasteiger partial charge on any atom is 0.255 e. The van der Waals surface area contributed by atoms with E-state index in [0.29, 0.717) is 31.0 Å². The van der Waals surface area contributed by atoms with Gasteiger partial charge in [-0.15, -0.1) is 0 Å². The molecule has 4 rings (SSSR count). The van der Waals surface area contributed by atoms with Crippen molar-refractivity contribution in [3.63, 3.8) is 0 Å². The first kappa shape index (κ1) is 25.5. The summed E-state index contributed by atoms with van der Waals surface area (Å²) >= 11 is 0. The number of ether oxygens (including phenoxy) is 1. The van der Waals surface area contributed by atoms with Gasteiger partial charge in [0, 0.05) is 50.9 Å². The predicted octanol–water partition coefficient (Wildman–Crippen LogP) is 2.84. The van der Waals surface area contributed by atoms with Gasteiger partial charge in [0.2, 0.25) is 0 Å². The molecule has 9 heteroatoms. The van der Waals surface area contributed by atoms with Crippen molar-refractivity contribution >= 4 is 17.5 Å². The number of rotatable bonds is 4. The Morgan fingerprint density at radius 1 is 1.03 bits per heavy atom. The van der Waals surface area contributed by atoms with Crippen LogP contribution >= 0.6 is 0 Å². The molecule has 9 nitrogen and oxygen atoms in total. The molecule has 3 aromatic rings. The highest BCUT2D eigenvalue weighted by atomic mass is 16.5. The van der Waals surface area contributed by atoms with Crippen LogP contribution < -0.4 is 4.90 Å². The number of anilines is 1. The molecule has 0 unspecified atom stereocenters. The highest BCUT2D eigenvalue weighted by Gasteiger charge is 2.24. The van der Waals surface area contributed by atoms with Crippen LogP contribution in [0.4, 0.5) is 5.69 Å². The number of aromatic nitrogens is 3. The molecule has 0 atom stereocenters. The Labute approximate surface area is 212 Å². The Hall–Kier alpha value is -3.56. The van der Waals surface area contributed by atoms with Crippen molar-refractivity contribution in [1.82, 2.24) is 24.6 Å². The number of carbonyl (C=O) groups excluding carboxylic acids is 2. The van der Waals surface area contributed by atoms with Gasteiger partial charge in [-0.3, -0.25) is 9.59 Å². The Kier molecular flexibility index (Phi) is 8.12. The average molecular weight is 491 g/mol. The molecule has 0 bridgehead atoms. The molecule has 0 saturated heterocycles. The maximum absolute atomic E-state index is 13.6. The molecule has 1 aromatic carbocycles. The highest BCUT2D eigenvalue weighted by molar-refractivity contribution is 5.96. The zero-order valence-electron chi connectivity index (χ0n) is 21.5. The van der Waals surface area contributed by atoms with Gasteiger partial charge < -0.3 is 19.4 Å². The third-order valence-corrected chi connectivity index (χ3v) is 6.39. The number of benzene rings is 1. The Balaban J connectivity index is 1.63. The summed E-state index contributed by atoms with van der Waals surface area (Å²) in [5.41, 5.74) is 4.16. The molecule has 2 amide bonds. The van der Waals surface area contributed by atoms with Crippen LogP contribution in [0, 0.1) is 13.8 Å². The van der Waals surface area contributed by atoms with Crippen molar-refractivity contribution in [1.29, 1.82) is 0 Å². The summed E-state index contributed by atoms with van der Waals surface area (Å²) in [7, 11) is 3.57. The fourth-order valence-electron chi connectivity index (χ4n) is 4.53. The summed E-state index contributed by atoms with van der Waals surface area (Å²) in [4.78, 5) is 36.9. The average Bonchev–Trinajstić information content (AvgIpc) is 3.20. The molecule has 0 fully saturated rings. The summed E-state index contributed by atoms with van der Waals surface area (Å²) in [5.74, 6) is 0.486. The van der Waals surface area contributed by atoms with Crippen LogP contribution in [0.3, 0.4) is 0 Å². The van der Waals surface area contributed by atoms with Gasteiger partial charge >= 0.3 is 0 Å². The number of nitrogens with zero attached hydrogens (tertiary/aromatic N) is 6. The van der Waals surface area contributed by atoms with Crippen molar-refractivity contribution in [2.24, 2.45) is 0 Å². The molecule has 36 heavy (non-hydrogen) atoms. The standard InChI is InChI=1S/C27H34N6O3/c1-20-16-21(2)33(29-20)25-11-10-22(17-28-25)27(35)31-15-14-30(3)12-7-13-32(26(34)19-36-4)24-9-6-5-8-23(24)18-31/h5-6,8-11,16-17H,7,12-15,18-19H2,1-4H3. The second kappa shape index (κ2) is 11.5. The summed E-state index contributed by atoms with van der Waals surface area (Å²) in [6, 6.07) is 13.4. The van der Waals surface area contributed by atoms with E-state index in [9.17, 15) is 9.59 Å². The molecule has 0 spiro atoms. The van der Waals surface area contributed by atoms with Gasteiger partial charge in [-0.1, -0.05) is 18.2 Å². The quantitative estimate of drug-likeness (QED) is 0.559. The lowest BCUT2D eigenvalue weighted by Crippen LogP contribution is -2.37. The van der Waals surface area contributed by atoms with Crippen LogP contribution in [0.15, 0.2) is 48.7 Å². The second-order valence-electron chi connectivity index (χ2n) is 9.23. The SMILES string of the molecule is COCC(=O)N1CCCN(C)CCN(C(=O)c2ccc(-n3nc(C)cc3C)nc2)Cc2ccccc21. The summed E-state index contributed by atoms with van der Waals surface area (Å²) < 4.78 is 6.91. The molecule has 0 aliphatic carbocycles. The normalized spacial score (nSPS) is 15.3. The number of likely N-dealkylation sites (N-methyl/N-ethyl adjacent to an activating group) is 1. The van der Waals surface area contributed by atoms with Gasteiger partial charge in [0.05, 0.1) is 11.3 Å². The number of aryl methyl sites for hydroxylation is 2. The lowest BCUT2D eigenvalue weighted by atomic mass is 10.1. The number of fused-ring (bicyclic) bond motifs is 1. The van der Waals surface area contributed by atoms with Crippen LogP contribution in [-0.4, -0.2) is 83.3 Å². The van der Waals surface area contributed by atoms with E-state index in [0.717, 1.165) is 42.1 Å². The first-order valence-corrected chi connectivity index (χ1v) is 12.2.